The molecule has 1 fully saturated rings. The summed E-state index contributed by atoms with van der Waals surface area (Å²) in [7, 11) is 1.92. The summed E-state index contributed by atoms with van der Waals surface area (Å²) in [5.74, 6) is 1.16. The summed E-state index contributed by atoms with van der Waals surface area (Å²) in [4.78, 5) is 2.23. The van der Waals surface area contributed by atoms with Gasteiger partial charge in [0.2, 0.25) is 0 Å². The Morgan fingerprint density at radius 2 is 1.89 bits per heavy atom. The van der Waals surface area contributed by atoms with Crippen molar-refractivity contribution in [1.29, 1.82) is 0 Å². The van der Waals surface area contributed by atoms with Crippen LogP contribution >= 0.6 is 0 Å². The van der Waals surface area contributed by atoms with Gasteiger partial charge >= 0.3 is 0 Å². The zero-order valence-electron chi connectivity index (χ0n) is 12.4. The van der Waals surface area contributed by atoms with Gasteiger partial charge in [-0.2, -0.15) is 0 Å². The molecule has 0 spiro atoms. The molecular weight excluding hydrogens is 239 g/mol. The lowest BCUT2D eigenvalue weighted by Crippen LogP contribution is -2.40. The molecule has 1 aliphatic heterocycles. The maximum absolute atomic E-state index is 14.3. The molecule has 3 atom stereocenters. The molecule has 0 aliphatic carbocycles. The summed E-state index contributed by atoms with van der Waals surface area (Å²) in [5.41, 5.74) is 1.85. The van der Waals surface area contributed by atoms with E-state index < -0.39 is 0 Å². The Balaban J connectivity index is 2.37. The van der Waals surface area contributed by atoms with Crippen molar-refractivity contribution in [3.8, 4) is 0 Å². The predicted molar refractivity (Wildman–Crippen MR) is 79.0 cm³/mol. The Morgan fingerprint density at radius 1 is 1.26 bits per heavy atom. The average Bonchev–Trinajstić information content (AvgIpc) is 2.36. The number of halogens is 1. The molecule has 1 aromatic carbocycles. The fourth-order valence-electron chi connectivity index (χ4n) is 3.22. The highest BCUT2D eigenvalue weighted by Gasteiger charge is 2.26. The first-order chi connectivity index (χ1) is 9.02. The van der Waals surface area contributed by atoms with Gasteiger partial charge in [-0.05, 0) is 43.9 Å². The molecule has 19 heavy (non-hydrogen) atoms. The first kappa shape index (κ1) is 14.3. The summed E-state index contributed by atoms with van der Waals surface area (Å²) in [6.07, 6.45) is 1.24. The van der Waals surface area contributed by atoms with Gasteiger partial charge in [0, 0.05) is 19.1 Å². The normalized spacial score (nSPS) is 25.4. The van der Waals surface area contributed by atoms with Crippen molar-refractivity contribution in [2.75, 3.05) is 25.0 Å². The summed E-state index contributed by atoms with van der Waals surface area (Å²) in [6.45, 7) is 8.49. The van der Waals surface area contributed by atoms with Crippen molar-refractivity contribution >= 4 is 5.69 Å². The van der Waals surface area contributed by atoms with E-state index in [1.807, 2.05) is 13.1 Å². The van der Waals surface area contributed by atoms with Gasteiger partial charge in [-0.25, -0.2) is 4.39 Å². The number of benzene rings is 1. The number of nitrogens with one attached hydrogen (secondary N) is 1. The average molecular weight is 264 g/mol. The highest BCUT2D eigenvalue weighted by atomic mass is 19.1. The van der Waals surface area contributed by atoms with Crippen molar-refractivity contribution in [2.45, 2.75) is 33.2 Å². The van der Waals surface area contributed by atoms with Crippen LogP contribution in [0.5, 0.6) is 0 Å². The molecule has 1 N–H and O–H groups in total. The molecule has 0 amide bonds. The molecule has 0 bridgehead atoms. The molecular formula is C16H25FN2. The Hall–Kier alpha value is -1.09. The topological polar surface area (TPSA) is 15.3 Å². The molecule has 106 valence electrons. The number of hydrogen-bond acceptors (Lipinski definition) is 2. The van der Waals surface area contributed by atoms with E-state index in [-0.39, 0.29) is 11.9 Å². The van der Waals surface area contributed by atoms with E-state index >= 15 is 0 Å². The molecule has 3 heteroatoms. The number of piperidine rings is 1. The monoisotopic (exact) mass is 264 g/mol. The molecule has 1 heterocycles. The Morgan fingerprint density at radius 3 is 2.47 bits per heavy atom. The first-order valence-electron chi connectivity index (χ1n) is 7.23. The van der Waals surface area contributed by atoms with Crippen LogP contribution in [0.15, 0.2) is 18.2 Å². The SMILES string of the molecule is CNC(C)c1cccc(F)c1N1CC(C)CC(C)C1. The largest absolute Gasteiger partial charge is 0.368 e. The minimum Gasteiger partial charge on any atom is -0.368 e. The van der Waals surface area contributed by atoms with Gasteiger partial charge in [0.05, 0.1) is 5.69 Å². The maximum atomic E-state index is 14.3. The van der Waals surface area contributed by atoms with Gasteiger partial charge in [-0.3, -0.25) is 0 Å². The van der Waals surface area contributed by atoms with Crippen molar-refractivity contribution in [2.24, 2.45) is 11.8 Å². The lowest BCUT2D eigenvalue weighted by atomic mass is 9.90. The number of para-hydroxylation sites is 1. The molecule has 2 rings (SSSR count). The molecule has 1 aliphatic rings. The van der Waals surface area contributed by atoms with E-state index in [9.17, 15) is 4.39 Å². The second-order valence-electron chi connectivity index (χ2n) is 6.04. The maximum Gasteiger partial charge on any atom is 0.146 e. The fraction of sp³-hybridized carbons (Fsp3) is 0.625. The third-order valence-corrected chi connectivity index (χ3v) is 4.10. The van der Waals surface area contributed by atoms with Crippen molar-refractivity contribution in [3.63, 3.8) is 0 Å². The standard InChI is InChI=1S/C16H25FN2/c1-11-8-12(2)10-19(9-11)16-14(13(3)18-4)6-5-7-15(16)17/h5-7,11-13,18H,8-10H2,1-4H3. The van der Waals surface area contributed by atoms with Crippen LogP contribution in [0.1, 0.15) is 38.8 Å². The van der Waals surface area contributed by atoms with Crippen molar-refractivity contribution < 1.29 is 4.39 Å². The van der Waals surface area contributed by atoms with E-state index in [1.165, 1.54) is 6.42 Å². The minimum atomic E-state index is -0.0964. The zero-order chi connectivity index (χ0) is 14.0. The second kappa shape index (κ2) is 5.91. The zero-order valence-corrected chi connectivity index (χ0v) is 12.4. The third-order valence-electron chi connectivity index (χ3n) is 4.10. The first-order valence-corrected chi connectivity index (χ1v) is 7.23. The van der Waals surface area contributed by atoms with Crippen LogP contribution in [0.4, 0.5) is 10.1 Å². The van der Waals surface area contributed by atoms with Crippen LogP contribution in [0.3, 0.4) is 0 Å². The summed E-state index contributed by atoms with van der Waals surface area (Å²) in [6, 6.07) is 5.58. The van der Waals surface area contributed by atoms with Crippen LogP contribution in [0, 0.1) is 17.7 Å². The lowest BCUT2D eigenvalue weighted by molar-refractivity contribution is 0.353. The lowest BCUT2D eigenvalue weighted by Gasteiger charge is -2.38. The molecule has 1 aromatic rings. The smallest absolute Gasteiger partial charge is 0.146 e. The van der Waals surface area contributed by atoms with Crippen LogP contribution in [0.2, 0.25) is 0 Å². The fourth-order valence-corrected chi connectivity index (χ4v) is 3.22. The summed E-state index contributed by atoms with van der Waals surface area (Å²) < 4.78 is 14.3. The Labute approximate surface area is 116 Å². The minimum absolute atomic E-state index is 0.0964. The molecule has 0 radical (unpaired) electrons. The Bertz CT molecular complexity index is 423. The quantitative estimate of drug-likeness (QED) is 0.897. The predicted octanol–water partition coefficient (Wildman–Crippen LogP) is 3.59. The molecule has 1 saturated heterocycles. The van der Waals surface area contributed by atoms with Gasteiger partial charge in [0.1, 0.15) is 5.82 Å². The van der Waals surface area contributed by atoms with Gasteiger partial charge < -0.3 is 10.2 Å². The van der Waals surface area contributed by atoms with Crippen LogP contribution in [-0.4, -0.2) is 20.1 Å². The van der Waals surface area contributed by atoms with Gasteiger partial charge in [-0.15, -0.1) is 0 Å². The third kappa shape index (κ3) is 3.08. The van der Waals surface area contributed by atoms with Crippen molar-refractivity contribution in [1.82, 2.24) is 5.32 Å². The van der Waals surface area contributed by atoms with E-state index in [0.717, 1.165) is 24.3 Å². The van der Waals surface area contributed by atoms with Crippen molar-refractivity contribution in [3.05, 3.63) is 29.6 Å². The number of nitrogens with zero attached hydrogens (tertiary/aromatic N) is 1. The number of hydrogen-bond donors (Lipinski definition) is 1. The number of anilines is 1. The molecule has 0 aromatic heterocycles. The van der Waals surface area contributed by atoms with E-state index in [1.54, 1.807) is 12.1 Å². The van der Waals surface area contributed by atoms with Crippen LogP contribution < -0.4 is 10.2 Å². The molecule has 2 nitrogen and oxygen atoms in total. The van der Waals surface area contributed by atoms with Crippen LogP contribution in [-0.2, 0) is 0 Å². The van der Waals surface area contributed by atoms with Gasteiger partial charge in [0.25, 0.3) is 0 Å². The second-order valence-corrected chi connectivity index (χ2v) is 6.04. The van der Waals surface area contributed by atoms with Gasteiger partial charge in [0.15, 0.2) is 0 Å². The Kier molecular flexibility index (Phi) is 4.46. The van der Waals surface area contributed by atoms with E-state index in [2.05, 4.69) is 31.0 Å². The summed E-state index contributed by atoms with van der Waals surface area (Å²) in [5, 5.41) is 3.22. The van der Waals surface area contributed by atoms with E-state index in [0.29, 0.717) is 11.8 Å². The van der Waals surface area contributed by atoms with Gasteiger partial charge in [-0.1, -0.05) is 26.0 Å². The molecule has 0 saturated carbocycles. The summed E-state index contributed by atoms with van der Waals surface area (Å²) >= 11 is 0. The van der Waals surface area contributed by atoms with E-state index in [4.69, 9.17) is 0 Å². The van der Waals surface area contributed by atoms with Crippen LogP contribution in [0.25, 0.3) is 0 Å². The molecule has 3 unspecified atom stereocenters. The highest BCUT2D eigenvalue weighted by molar-refractivity contribution is 5.56. The number of rotatable bonds is 3. The highest BCUT2D eigenvalue weighted by Crippen LogP contribution is 2.33.